The predicted octanol–water partition coefficient (Wildman–Crippen LogP) is 1.73. The molecule has 0 spiro atoms. The van der Waals surface area contributed by atoms with Gasteiger partial charge in [-0.3, -0.25) is 4.79 Å². The average molecular weight is 342 g/mol. The fraction of sp³-hybridized carbons (Fsp3) is 0.462. The van der Waals surface area contributed by atoms with E-state index in [1.54, 1.807) is 0 Å². The topological polar surface area (TPSA) is 32.3 Å². The van der Waals surface area contributed by atoms with Gasteiger partial charge in [0.15, 0.2) is 0 Å². The third-order valence-electron chi connectivity index (χ3n) is 3.81. The maximum atomic E-state index is 12.5. The molecule has 0 aliphatic carbocycles. The molecule has 0 unspecified atom stereocenters. The van der Waals surface area contributed by atoms with Crippen LogP contribution in [0.5, 0.6) is 0 Å². The van der Waals surface area contributed by atoms with E-state index in [0.717, 1.165) is 35.2 Å². The minimum absolute atomic E-state index is 0.200. The number of amides is 1. The molecule has 0 radical (unpaired) electrons. The lowest BCUT2D eigenvalue weighted by Crippen LogP contribution is -2.39. The smallest absolute Gasteiger partial charge is 0.255 e. The molecule has 17 heavy (non-hydrogen) atoms. The zero-order chi connectivity index (χ0) is 11.8. The molecule has 3 rings (SSSR count). The number of benzene rings is 1. The highest BCUT2D eigenvalue weighted by Gasteiger charge is 2.40. The molecule has 2 fully saturated rings. The van der Waals surface area contributed by atoms with Crippen molar-refractivity contribution in [3.63, 3.8) is 0 Å². The van der Waals surface area contributed by atoms with Crippen LogP contribution < -0.4 is 5.32 Å². The Balaban J connectivity index is 1.85. The minimum Gasteiger partial charge on any atom is -0.334 e. The Bertz CT molecular complexity index is 449. The number of carbonyl (C=O) groups excluding carboxylic acids is 1. The second-order valence-electron chi connectivity index (χ2n) is 4.75. The third kappa shape index (κ3) is 1.97. The molecule has 1 N–H and O–H groups in total. The lowest BCUT2D eigenvalue weighted by Gasteiger charge is -2.23. The molecular weight excluding hydrogens is 327 g/mol. The zero-order valence-corrected chi connectivity index (χ0v) is 11.7. The summed E-state index contributed by atoms with van der Waals surface area (Å²) in [6.07, 6.45) is 1.15. The second kappa shape index (κ2) is 4.57. The van der Waals surface area contributed by atoms with Gasteiger partial charge in [0.2, 0.25) is 0 Å². The molecule has 2 heterocycles. The van der Waals surface area contributed by atoms with E-state index >= 15 is 0 Å². The first kappa shape index (κ1) is 11.5. The number of hydrogen-bond acceptors (Lipinski definition) is 2. The molecular formula is C13H15IN2O. The van der Waals surface area contributed by atoms with Crippen molar-refractivity contribution in [1.82, 2.24) is 10.2 Å². The number of carbonyl (C=O) groups is 1. The van der Waals surface area contributed by atoms with Crippen molar-refractivity contribution in [3.05, 3.63) is 33.4 Å². The SMILES string of the molecule is O=C(c1ccccc1I)N1CC[C@@H]2CNC[C@@H]21. The summed E-state index contributed by atoms with van der Waals surface area (Å²) in [4.78, 5) is 14.6. The van der Waals surface area contributed by atoms with Crippen LogP contribution in [0.3, 0.4) is 0 Å². The second-order valence-corrected chi connectivity index (χ2v) is 5.91. The summed E-state index contributed by atoms with van der Waals surface area (Å²) >= 11 is 2.24. The van der Waals surface area contributed by atoms with Gasteiger partial charge < -0.3 is 10.2 Å². The van der Waals surface area contributed by atoms with Crippen LogP contribution in [0.2, 0.25) is 0 Å². The fourth-order valence-electron chi connectivity index (χ4n) is 2.89. The quantitative estimate of drug-likeness (QED) is 0.789. The van der Waals surface area contributed by atoms with Gasteiger partial charge in [-0.1, -0.05) is 12.1 Å². The third-order valence-corrected chi connectivity index (χ3v) is 4.75. The Hall–Kier alpha value is -0.620. The van der Waals surface area contributed by atoms with Crippen LogP contribution in [-0.2, 0) is 0 Å². The molecule has 1 aromatic carbocycles. The molecule has 90 valence electrons. The highest BCUT2D eigenvalue weighted by molar-refractivity contribution is 14.1. The maximum absolute atomic E-state index is 12.5. The van der Waals surface area contributed by atoms with E-state index in [1.807, 2.05) is 24.3 Å². The molecule has 2 aliphatic rings. The number of nitrogens with one attached hydrogen (secondary N) is 1. The van der Waals surface area contributed by atoms with E-state index in [2.05, 4.69) is 32.8 Å². The Morgan fingerprint density at radius 2 is 2.18 bits per heavy atom. The van der Waals surface area contributed by atoms with Crippen LogP contribution >= 0.6 is 22.6 Å². The number of likely N-dealkylation sites (tertiary alicyclic amines) is 1. The predicted molar refractivity (Wildman–Crippen MR) is 75.0 cm³/mol. The first-order valence-corrected chi connectivity index (χ1v) is 7.11. The molecule has 1 aromatic rings. The van der Waals surface area contributed by atoms with Crippen LogP contribution in [0.4, 0.5) is 0 Å². The van der Waals surface area contributed by atoms with Crippen molar-refractivity contribution in [3.8, 4) is 0 Å². The van der Waals surface area contributed by atoms with Crippen molar-refractivity contribution < 1.29 is 4.79 Å². The van der Waals surface area contributed by atoms with E-state index in [9.17, 15) is 4.79 Å². The monoisotopic (exact) mass is 342 g/mol. The van der Waals surface area contributed by atoms with Gasteiger partial charge in [0.05, 0.1) is 5.56 Å². The standard InChI is InChI=1S/C13H15IN2O/c14-11-4-2-1-3-10(11)13(17)16-6-5-9-7-15-8-12(9)16/h1-4,9,12,15H,5-8H2/t9-,12+/m1/s1. The number of hydrogen-bond donors (Lipinski definition) is 1. The van der Waals surface area contributed by atoms with Crippen LogP contribution in [0.1, 0.15) is 16.8 Å². The summed E-state index contributed by atoms with van der Waals surface area (Å²) in [5, 5.41) is 3.38. The van der Waals surface area contributed by atoms with Crippen LogP contribution in [-0.4, -0.2) is 36.5 Å². The average Bonchev–Trinajstić information content (AvgIpc) is 2.90. The fourth-order valence-corrected chi connectivity index (χ4v) is 3.51. The summed E-state index contributed by atoms with van der Waals surface area (Å²) in [7, 11) is 0. The van der Waals surface area contributed by atoms with E-state index < -0.39 is 0 Å². The van der Waals surface area contributed by atoms with E-state index in [-0.39, 0.29) is 5.91 Å². The molecule has 1 amide bonds. The first-order valence-electron chi connectivity index (χ1n) is 6.03. The molecule has 4 heteroatoms. The van der Waals surface area contributed by atoms with Crippen molar-refractivity contribution in [2.45, 2.75) is 12.5 Å². The Kier molecular flexibility index (Phi) is 3.08. The van der Waals surface area contributed by atoms with E-state index in [1.165, 1.54) is 0 Å². The highest BCUT2D eigenvalue weighted by atomic mass is 127. The van der Waals surface area contributed by atoms with Gasteiger partial charge in [-0.15, -0.1) is 0 Å². The van der Waals surface area contributed by atoms with Crippen molar-refractivity contribution in [2.75, 3.05) is 19.6 Å². The largest absolute Gasteiger partial charge is 0.334 e. The molecule has 3 nitrogen and oxygen atoms in total. The minimum atomic E-state index is 0.200. The lowest BCUT2D eigenvalue weighted by molar-refractivity contribution is 0.0736. The summed E-state index contributed by atoms with van der Waals surface area (Å²) in [5.41, 5.74) is 0.848. The zero-order valence-electron chi connectivity index (χ0n) is 9.53. The summed E-state index contributed by atoms with van der Waals surface area (Å²) in [6.45, 7) is 2.95. The van der Waals surface area contributed by atoms with Gasteiger partial charge in [0.25, 0.3) is 5.91 Å². The molecule has 0 bridgehead atoms. The number of halogens is 1. The first-order chi connectivity index (χ1) is 8.27. The van der Waals surface area contributed by atoms with Crippen molar-refractivity contribution in [1.29, 1.82) is 0 Å². The van der Waals surface area contributed by atoms with Crippen LogP contribution in [0, 0.1) is 9.49 Å². The molecule has 0 saturated carbocycles. The number of nitrogens with zero attached hydrogens (tertiary/aromatic N) is 1. The Labute approximate surface area is 115 Å². The summed E-state index contributed by atoms with van der Waals surface area (Å²) in [5.74, 6) is 0.867. The van der Waals surface area contributed by atoms with Crippen LogP contribution in [0.25, 0.3) is 0 Å². The molecule has 2 saturated heterocycles. The van der Waals surface area contributed by atoms with Gasteiger partial charge in [0, 0.05) is 29.2 Å². The van der Waals surface area contributed by atoms with Gasteiger partial charge in [-0.2, -0.15) is 0 Å². The summed E-state index contributed by atoms with van der Waals surface area (Å²) in [6, 6.07) is 8.25. The molecule has 0 aromatic heterocycles. The highest BCUT2D eigenvalue weighted by Crippen LogP contribution is 2.29. The van der Waals surface area contributed by atoms with Crippen molar-refractivity contribution in [2.24, 2.45) is 5.92 Å². The van der Waals surface area contributed by atoms with E-state index in [4.69, 9.17) is 0 Å². The number of rotatable bonds is 1. The molecule has 2 aliphatic heterocycles. The van der Waals surface area contributed by atoms with Gasteiger partial charge in [-0.25, -0.2) is 0 Å². The van der Waals surface area contributed by atoms with Gasteiger partial charge in [-0.05, 0) is 47.1 Å². The Morgan fingerprint density at radius 3 is 3.00 bits per heavy atom. The van der Waals surface area contributed by atoms with Gasteiger partial charge in [0.1, 0.15) is 0 Å². The Morgan fingerprint density at radius 1 is 1.35 bits per heavy atom. The number of fused-ring (bicyclic) bond motifs is 1. The summed E-state index contributed by atoms with van der Waals surface area (Å²) < 4.78 is 1.05. The molecule has 2 atom stereocenters. The van der Waals surface area contributed by atoms with E-state index in [0.29, 0.717) is 12.0 Å². The lowest BCUT2D eigenvalue weighted by atomic mass is 10.0. The van der Waals surface area contributed by atoms with Crippen molar-refractivity contribution >= 4 is 28.5 Å². The van der Waals surface area contributed by atoms with Gasteiger partial charge >= 0.3 is 0 Å². The normalized spacial score (nSPS) is 27.2. The maximum Gasteiger partial charge on any atom is 0.255 e. The van der Waals surface area contributed by atoms with Crippen LogP contribution in [0.15, 0.2) is 24.3 Å².